The Kier molecular flexibility index (Phi) is 3.92. The number of hydrogen-bond acceptors (Lipinski definition) is 3. The molecule has 0 atom stereocenters. The van der Waals surface area contributed by atoms with Crippen LogP contribution in [0.3, 0.4) is 0 Å². The van der Waals surface area contributed by atoms with Gasteiger partial charge in [0.2, 0.25) is 0 Å². The molecule has 0 amide bonds. The zero-order valence-electron chi connectivity index (χ0n) is 9.53. The lowest BCUT2D eigenvalue weighted by molar-refractivity contribution is 0.523. The van der Waals surface area contributed by atoms with Crippen molar-refractivity contribution >= 4 is 31.3 Å². The quantitative estimate of drug-likeness (QED) is 0.801. The minimum atomic E-state index is -3.86. The Morgan fingerprint density at radius 3 is 2.00 bits per heavy atom. The summed E-state index contributed by atoms with van der Waals surface area (Å²) in [6, 6.07) is -0.0165. The molecule has 16 heavy (non-hydrogen) atoms. The molecule has 0 spiro atoms. The molecule has 0 aliphatic heterocycles. The van der Waals surface area contributed by atoms with Gasteiger partial charge in [0.05, 0.1) is 5.69 Å². The number of aromatic nitrogens is 2. The SMILES string of the molecule is CC(C)c1nn(C(C)C)c(Cl)c1S(=O)(=O)Cl. The highest BCUT2D eigenvalue weighted by atomic mass is 35.7. The van der Waals surface area contributed by atoms with E-state index in [1.54, 1.807) is 0 Å². The maximum Gasteiger partial charge on any atom is 0.266 e. The Bertz CT molecular complexity index is 492. The minimum absolute atomic E-state index is 0.0165. The summed E-state index contributed by atoms with van der Waals surface area (Å²) >= 11 is 5.99. The third kappa shape index (κ3) is 2.52. The molecule has 0 saturated carbocycles. The van der Waals surface area contributed by atoms with Gasteiger partial charge in [-0.3, -0.25) is 0 Å². The molecule has 4 nitrogen and oxygen atoms in total. The summed E-state index contributed by atoms with van der Waals surface area (Å²) in [6.45, 7) is 7.42. The van der Waals surface area contributed by atoms with E-state index in [0.717, 1.165) is 0 Å². The molecule has 1 rings (SSSR count). The van der Waals surface area contributed by atoms with E-state index in [1.165, 1.54) is 4.68 Å². The molecule has 1 aromatic heterocycles. The van der Waals surface area contributed by atoms with E-state index < -0.39 is 9.05 Å². The molecule has 0 aliphatic rings. The van der Waals surface area contributed by atoms with E-state index in [1.807, 2.05) is 27.7 Å². The molecule has 0 unspecified atom stereocenters. The van der Waals surface area contributed by atoms with Gasteiger partial charge in [-0.1, -0.05) is 25.4 Å². The summed E-state index contributed by atoms with van der Waals surface area (Å²) < 4.78 is 24.3. The molecule has 0 aliphatic carbocycles. The molecule has 0 radical (unpaired) electrons. The van der Waals surface area contributed by atoms with Crippen LogP contribution < -0.4 is 0 Å². The summed E-state index contributed by atoms with van der Waals surface area (Å²) in [4.78, 5) is -0.0699. The first-order valence-electron chi connectivity index (χ1n) is 4.88. The topological polar surface area (TPSA) is 52.0 Å². The van der Waals surface area contributed by atoms with Crippen LogP contribution in [0, 0.1) is 0 Å². The van der Waals surface area contributed by atoms with E-state index in [2.05, 4.69) is 5.10 Å². The van der Waals surface area contributed by atoms with Gasteiger partial charge in [-0.15, -0.1) is 0 Å². The molecule has 92 valence electrons. The standard InChI is InChI=1S/C9H14Cl2N2O2S/c1-5(2)7-8(16(11,14)15)9(10)13(12-7)6(3)4/h5-6H,1-4H3. The summed E-state index contributed by atoms with van der Waals surface area (Å²) in [5, 5.41) is 4.27. The average molecular weight is 285 g/mol. The third-order valence-corrected chi connectivity index (χ3v) is 3.94. The van der Waals surface area contributed by atoms with Crippen molar-refractivity contribution in [1.82, 2.24) is 9.78 Å². The van der Waals surface area contributed by atoms with Crippen LogP contribution in [0.15, 0.2) is 4.90 Å². The second-order valence-electron chi connectivity index (χ2n) is 4.14. The Hall–Kier alpha value is -0.260. The second-order valence-corrected chi connectivity index (χ2v) is 7.00. The van der Waals surface area contributed by atoms with Crippen molar-refractivity contribution in [3.8, 4) is 0 Å². The van der Waals surface area contributed by atoms with Crippen LogP contribution in [-0.4, -0.2) is 18.2 Å². The smallest absolute Gasteiger partial charge is 0.250 e. The van der Waals surface area contributed by atoms with Crippen LogP contribution in [0.1, 0.15) is 45.3 Å². The molecule has 7 heteroatoms. The molecule has 1 aromatic rings. The monoisotopic (exact) mass is 284 g/mol. The molecule has 0 saturated heterocycles. The van der Waals surface area contributed by atoms with E-state index in [0.29, 0.717) is 5.69 Å². The summed E-state index contributed by atoms with van der Waals surface area (Å²) in [5.74, 6) is -0.0546. The molecule has 0 bridgehead atoms. The van der Waals surface area contributed by atoms with Gasteiger partial charge >= 0.3 is 0 Å². The zero-order valence-corrected chi connectivity index (χ0v) is 11.9. The lowest BCUT2D eigenvalue weighted by Crippen LogP contribution is -2.03. The van der Waals surface area contributed by atoms with Crippen LogP contribution in [0.2, 0.25) is 5.15 Å². The van der Waals surface area contributed by atoms with Crippen LogP contribution in [0.5, 0.6) is 0 Å². The van der Waals surface area contributed by atoms with Crippen molar-refractivity contribution in [3.05, 3.63) is 10.8 Å². The first kappa shape index (κ1) is 13.8. The fourth-order valence-corrected chi connectivity index (χ4v) is 3.39. The Morgan fingerprint density at radius 2 is 1.75 bits per heavy atom. The van der Waals surface area contributed by atoms with Crippen molar-refractivity contribution < 1.29 is 8.42 Å². The largest absolute Gasteiger partial charge is 0.266 e. The molecular weight excluding hydrogens is 271 g/mol. The molecule has 1 heterocycles. The van der Waals surface area contributed by atoms with Gasteiger partial charge in [0.25, 0.3) is 9.05 Å². The van der Waals surface area contributed by atoms with Gasteiger partial charge in [0, 0.05) is 16.7 Å². The van der Waals surface area contributed by atoms with E-state index in [9.17, 15) is 8.42 Å². The summed E-state index contributed by atoms with van der Waals surface area (Å²) in [5.41, 5.74) is 0.411. The van der Waals surface area contributed by atoms with Gasteiger partial charge in [-0.25, -0.2) is 13.1 Å². The lowest BCUT2D eigenvalue weighted by Gasteiger charge is -2.05. The normalized spacial score (nSPS) is 12.8. The fourth-order valence-electron chi connectivity index (χ4n) is 1.36. The Morgan fingerprint density at radius 1 is 1.25 bits per heavy atom. The zero-order chi connectivity index (χ0) is 12.7. The number of halogens is 2. The molecule has 0 aromatic carbocycles. The minimum Gasteiger partial charge on any atom is -0.250 e. The highest BCUT2D eigenvalue weighted by Gasteiger charge is 2.28. The first-order chi connectivity index (χ1) is 7.16. The second kappa shape index (κ2) is 4.55. The highest BCUT2D eigenvalue weighted by Crippen LogP contribution is 2.33. The van der Waals surface area contributed by atoms with Gasteiger partial charge in [-0.2, -0.15) is 5.10 Å². The van der Waals surface area contributed by atoms with E-state index in [-0.39, 0.29) is 22.0 Å². The van der Waals surface area contributed by atoms with Crippen LogP contribution in [0.4, 0.5) is 0 Å². The Labute approximate surface area is 105 Å². The van der Waals surface area contributed by atoms with Gasteiger partial charge in [0.15, 0.2) is 0 Å². The van der Waals surface area contributed by atoms with Gasteiger partial charge in [-0.05, 0) is 19.8 Å². The predicted molar refractivity (Wildman–Crippen MR) is 64.7 cm³/mol. The molecule has 0 fully saturated rings. The number of hydrogen-bond donors (Lipinski definition) is 0. The summed E-state index contributed by atoms with van der Waals surface area (Å²) in [7, 11) is 1.50. The molecule has 0 N–H and O–H groups in total. The summed E-state index contributed by atoms with van der Waals surface area (Å²) in [6.07, 6.45) is 0. The van der Waals surface area contributed by atoms with E-state index in [4.69, 9.17) is 22.3 Å². The van der Waals surface area contributed by atoms with Crippen molar-refractivity contribution in [2.45, 2.75) is 44.6 Å². The third-order valence-electron chi connectivity index (χ3n) is 2.12. The number of nitrogens with zero attached hydrogens (tertiary/aromatic N) is 2. The predicted octanol–water partition coefficient (Wildman–Crippen LogP) is 3.17. The van der Waals surface area contributed by atoms with Crippen LogP contribution in [0.25, 0.3) is 0 Å². The van der Waals surface area contributed by atoms with Crippen molar-refractivity contribution in [1.29, 1.82) is 0 Å². The maximum absolute atomic E-state index is 11.4. The van der Waals surface area contributed by atoms with Crippen LogP contribution in [-0.2, 0) is 9.05 Å². The lowest BCUT2D eigenvalue weighted by atomic mass is 10.1. The number of rotatable bonds is 3. The van der Waals surface area contributed by atoms with Gasteiger partial charge < -0.3 is 0 Å². The average Bonchev–Trinajstić information content (AvgIpc) is 2.41. The maximum atomic E-state index is 11.4. The van der Waals surface area contributed by atoms with Gasteiger partial charge in [0.1, 0.15) is 10.0 Å². The van der Waals surface area contributed by atoms with E-state index >= 15 is 0 Å². The molecular formula is C9H14Cl2N2O2S. The highest BCUT2D eigenvalue weighted by molar-refractivity contribution is 8.13. The van der Waals surface area contributed by atoms with Crippen molar-refractivity contribution in [2.75, 3.05) is 0 Å². The fraction of sp³-hybridized carbons (Fsp3) is 0.667. The van der Waals surface area contributed by atoms with Crippen molar-refractivity contribution in [2.24, 2.45) is 0 Å². The van der Waals surface area contributed by atoms with Crippen molar-refractivity contribution in [3.63, 3.8) is 0 Å². The van der Waals surface area contributed by atoms with Crippen LogP contribution >= 0.6 is 22.3 Å². The first-order valence-corrected chi connectivity index (χ1v) is 7.57. The Balaban J connectivity index is 3.57.